The Morgan fingerprint density at radius 2 is 2.00 bits per heavy atom. The lowest BCUT2D eigenvalue weighted by Crippen LogP contribution is -2.19. The predicted octanol–water partition coefficient (Wildman–Crippen LogP) is 4.46. The Labute approximate surface area is 122 Å². The molecular formula is C16H17BrFN. The van der Waals surface area contributed by atoms with E-state index in [4.69, 9.17) is 0 Å². The summed E-state index contributed by atoms with van der Waals surface area (Å²) in [5.41, 5.74) is 3.00. The van der Waals surface area contributed by atoms with E-state index in [0.717, 1.165) is 16.5 Å². The molecule has 0 fully saturated rings. The van der Waals surface area contributed by atoms with Crippen LogP contribution in [0.3, 0.4) is 0 Å². The van der Waals surface area contributed by atoms with Gasteiger partial charge in [0.2, 0.25) is 0 Å². The molecule has 1 nitrogen and oxygen atoms in total. The highest BCUT2D eigenvalue weighted by Gasteiger charge is 2.16. The zero-order valence-electron chi connectivity index (χ0n) is 11.1. The number of nitrogens with one attached hydrogen (secondary N) is 1. The zero-order valence-corrected chi connectivity index (χ0v) is 12.7. The van der Waals surface area contributed by atoms with Gasteiger partial charge in [-0.3, -0.25) is 0 Å². The molecule has 2 aromatic carbocycles. The van der Waals surface area contributed by atoms with E-state index in [-0.39, 0.29) is 11.9 Å². The van der Waals surface area contributed by atoms with E-state index < -0.39 is 0 Å². The van der Waals surface area contributed by atoms with Crippen molar-refractivity contribution in [3.8, 4) is 0 Å². The lowest BCUT2D eigenvalue weighted by molar-refractivity contribution is 0.575. The van der Waals surface area contributed by atoms with Crippen LogP contribution < -0.4 is 5.32 Å². The number of benzene rings is 2. The number of rotatable bonds is 4. The number of hydrogen-bond donors (Lipinski definition) is 1. The van der Waals surface area contributed by atoms with E-state index >= 15 is 0 Å². The molecule has 3 heteroatoms. The summed E-state index contributed by atoms with van der Waals surface area (Å²) in [5.74, 6) is -0.190. The number of aryl methyl sites for hydroxylation is 1. The van der Waals surface area contributed by atoms with Crippen molar-refractivity contribution in [1.82, 2.24) is 5.32 Å². The lowest BCUT2D eigenvalue weighted by Gasteiger charge is -2.19. The van der Waals surface area contributed by atoms with Crippen LogP contribution in [0.5, 0.6) is 0 Å². The minimum atomic E-state index is -0.190. The summed E-state index contributed by atoms with van der Waals surface area (Å²) in [6, 6.07) is 13.2. The zero-order chi connectivity index (χ0) is 13.8. The minimum absolute atomic E-state index is 0.135. The van der Waals surface area contributed by atoms with Gasteiger partial charge in [-0.25, -0.2) is 4.39 Å². The normalized spacial score (nSPS) is 12.4. The van der Waals surface area contributed by atoms with E-state index in [1.807, 2.05) is 25.2 Å². The van der Waals surface area contributed by atoms with Gasteiger partial charge in [-0.1, -0.05) is 47.1 Å². The molecule has 0 aliphatic heterocycles. The monoisotopic (exact) mass is 321 g/mol. The molecular weight excluding hydrogens is 305 g/mol. The van der Waals surface area contributed by atoms with Crippen molar-refractivity contribution in [1.29, 1.82) is 0 Å². The van der Waals surface area contributed by atoms with Crippen LogP contribution in [0.15, 0.2) is 46.9 Å². The van der Waals surface area contributed by atoms with Crippen molar-refractivity contribution >= 4 is 15.9 Å². The van der Waals surface area contributed by atoms with Gasteiger partial charge in [0.15, 0.2) is 0 Å². The quantitative estimate of drug-likeness (QED) is 0.876. The maximum absolute atomic E-state index is 14.0. The summed E-state index contributed by atoms with van der Waals surface area (Å²) in [5, 5.41) is 3.19. The van der Waals surface area contributed by atoms with E-state index in [1.54, 1.807) is 6.07 Å². The second-order valence-corrected chi connectivity index (χ2v) is 5.40. The average Bonchev–Trinajstić information content (AvgIpc) is 2.44. The maximum Gasteiger partial charge on any atom is 0.128 e. The third-order valence-electron chi connectivity index (χ3n) is 3.25. The second-order valence-electron chi connectivity index (χ2n) is 4.49. The molecule has 0 heterocycles. The van der Waals surface area contributed by atoms with Crippen molar-refractivity contribution in [2.45, 2.75) is 19.4 Å². The molecule has 1 N–H and O–H groups in total. The van der Waals surface area contributed by atoms with E-state index in [9.17, 15) is 4.39 Å². The molecule has 0 spiro atoms. The topological polar surface area (TPSA) is 12.0 Å². The first-order valence-corrected chi connectivity index (χ1v) is 7.16. The molecule has 19 heavy (non-hydrogen) atoms. The second kappa shape index (κ2) is 6.31. The summed E-state index contributed by atoms with van der Waals surface area (Å²) in [6.45, 7) is 2.12. The van der Waals surface area contributed by atoms with Crippen LogP contribution in [-0.4, -0.2) is 7.05 Å². The first kappa shape index (κ1) is 14.2. The number of halogens is 2. The molecule has 0 bridgehead atoms. The van der Waals surface area contributed by atoms with Crippen molar-refractivity contribution in [3.05, 3.63) is 69.4 Å². The van der Waals surface area contributed by atoms with Crippen molar-refractivity contribution in [2.24, 2.45) is 0 Å². The highest BCUT2D eigenvalue weighted by Crippen LogP contribution is 2.27. The van der Waals surface area contributed by atoms with Gasteiger partial charge in [0.1, 0.15) is 5.82 Å². The largest absolute Gasteiger partial charge is 0.309 e. The minimum Gasteiger partial charge on any atom is -0.309 e. The SMILES string of the molecule is CCc1cccc(C(NC)c2cc(Br)ccc2F)c1. The van der Waals surface area contributed by atoms with Gasteiger partial charge in [0.25, 0.3) is 0 Å². The Morgan fingerprint density at radius 3 is 2.68 bits per heavy atom. The van der Waals surface area contributed by atoms with E-state index in [2.05, 4.69) is 40.3 Å². The Balaban J connectivity index is 2.46. The molecule has 100 valence electrons. The lowest BCUT2D eigenvalue weighted by atomic mass is 9.96. The van der Waals surface area contributed by atoms with Gasteiger partial charge in [-0.2, -0.15) is 0 Å². The van der Waals surface area contributed by atoms with Crippen LogP contribution >= 0.6 is 15.9 Å². The van der Waals surface area contributed by atoms with Crippen LogP contribution in [-0.2, 0) is 6.42 Å². The Morgan fingerprint density at radius 1 is 1.21 bits per heavy atom. The van der Waals surface area contributed by atoms with E-state index in [1.165, 1.54) is 11.6 Å². The van der Waals surface area contributed by atoms with Gasteiger partial charge in [-0.05, 0) is 42.8 Å². The molecule has 0 aliphatic rings. The van der Waals surface area contributed by atoms with Gasteiger partial charge in [0, 0.05) is 10.0 Å². The average molecular weight is 322 g/mol. The summed E-state index contributed by atoms with van der Waals surface area (Å²) in [6.07, 6.45) is 0.977. The van der Waals surface area contributed by atoms with Crippen LogP contribution in [0.25, 0.3) is 0 Å². The van der Waals surface area contributed by atoms with Gasteiger partial charge < -0.3 is 5.32 Å². The summed E-state index contributed by atoms with van der Waals surface area (Å²) in [7, 11) is 1.85. The van der Waals surface area contributed by atoms with Crippen molar-refractivity contribution in [2.75, 3.05) is 7.05 Å². The van der Waals surface area contributed by atoms with Gasteiger partial charge >= 0.3 is 0 Å². The summed E-state index contributed by atoms with van der Waals surface area (Å²) < 4.78 is 14.9. The Kier molecular flexibility index (Phi) is 4.72. The first-order valence-electron chi connectivity index (χ1n) is 6.36. The van der Waals surface area contributed by atoms with Crippen molar-refractivity contribution < 1.29 is 4.39 Å². The predicted molar refractivity (Wildman–Crippen MR) is 80.8 cm³/mol. The third kappa shape index (κ3) is 3.23. The molecule has 0 amide bonds. The first-order chi connectivity index (χ1) is 9.15. The fourth-order valence-corrected chi connectivity index (χ4v) is 2.61. The highest BCUT2D eigenvalue weighted by molar-refractivity contribution is 9.10. The molecule has 1 unspecified atom stereocenters. The summed E-state index contributed by atoms with van der Waals surface area (Å²) in [4.78, 5) is 0. The Bertz CT molecular complexity index is 568. The van der Waals surface area contributed by atoms with E-state index in [0.29, 0.717) is 5.56 Å². The third-order valence-corrected chi connectivity index (χ3v) is 3.74. The number of hydrogen-bond acceptors (Lipinski definition) is 1. The molecule has 0 aromatic heterocycles. The van der Waals surface area contributed by atoms with Crippen LogP contribution in [0, 0.1) is 5.82 Å². The fraction of sp³-hybridized carbons (Fsp3) is 0.250. The molecule has 1 atom stereocenters. The molecule has 2 rings (SSSR count). The van der Waals surface area contributed by atoms with Crippen LogP contribution in [0.1, 0.15) is 29.7 Å². The maximum atomic E-state index is 14.0. The Hall–Kier alpha value is -1.19. The smallest absolute Gasteiger partial charge is 0.128 e. The van der Waals surface area contributed by atoms with Gasteiger partial charge in [-0.15, -0.1) is 0 Å². The molecule has 0 saturated carbocycles. The highest BCUT2D eigenvalue weighted by atomic mass is 79.9. The molecule has 0 aliphatic carbocycles. The standard InChI is InChI=1S/C16H17BrFN/c1-3-11-5-4-6-12(9-11)16(19-2)14-10-13(17)7-8-15(14)18/h4-10,16,19H,3H2,1-2H3. The molecule has 0 saturated heterocycles. The van der Waals surface area contributed by atoms with Crippen LogP contribution in [0.2, 0.25) is 0 Å². The van der Waals surface area contributed by atoms with Gasteiger partial charge in [0.05, 0.1) is 6.04 Å². The summed E-state index contributed by atoms with van der Waals surface area (Å²) >= 11 is 3.40. The van der Waals surface area contributed by atoms with Crippen LogP contribution in [0.4, 0.5) is 4.39 Å². The van der Waals surface area contributed by atoms with Crippen molar-refractivity contribution in [3.63, 3.8) is 0 Å². The fourth-order valence-electron chi connectivity index (χ4n) is 2.23. The molecule has 2 aromatic rings. The molecule has 0 radical (unpaired) electrons.